The van der Waals surface area contributed by atoms with Gasteiger partial charge in [0, 0.05) is 48.6 Å². The number of hydrogen-bond acceptors (Lipinski definition) is 2. The van der Waals surface area contributed by atoms with Crippen molar-refractivity contribution in [2.24, 2.45) is 7.05 Å². The number of aromatic amines is 1. The van der Waals surface area contributed by atoms with Crippen LogP contribution in [0.2, 0.25) is 0 Å². The predicted octanol–water partition coefficient (Wildman–Crippen LogP) is 5.59. The molecule has 0 saturated carbocycles. The third kappa shape index (κ3) is 3.30. The summed E-state index contributed by atoms with van der Waals surface area (Å²) in [4.78, 5) is 13.0. The molecule has 3 aromatic rings. The molecule has 0 spiro atoms. The third-order valence-corrected chi connectivity index (χ3v) is 5.71. The number of aromatic nitrogens is 4. The van der Waals surface area contributed by atoms with Crippen LogP contribution < -0.4 is 0 Å². The van der Waals surface area contributed by atoms with Crippen LogP contribution in [-0.2, 0) is 26.5 Å². The van der Waals surface area contributed by atoms with E-state index in [1.165, 1.54) is 27.7 Å². The summed E-state index contributed by atoms with van der Waals surface area (Å²) in [5.74, 6) is 0. The Bertz CT molecular complexity index is 1350. The molecule has 2 aliphatic rings. The molecular weight excluding hydrogens is 447 g/mol. The molecule has 5 rings (SSSR count). The Balaban J connectivity index is 0.00000205. The van der Waals surface area contributed by atoms with Gasteiger partial charge in [0.15, 0.2) is 0 Å². The number of aryl methyl sites for hydroxylation is 4. The van der Waals surface area contributed by atoms with E-state index in [0.29, 0.717) is 0 Å². The van der Waals surface area contributed by atoms with Gasteiger partial charge < -0.3 is 9.55 Å². The molecule has 0 atom stereocenters. The molecule has 8 bridgehead atoms. The first-order chi connectivity index (χ1) is 13.5. The predicted molar refractivity (Wildman–Crippen MR) is 118 cm³/mol. The number of fused-ring (bicyclic) bond motifs is 8. The van der Waals surface area contributed by atoms with E-state index in [0.717, 1.165) is 33.8 Å². The van der Waals surface area contributed by atoms with Crippen LogP contribution in [0.4, 0.5) is 0 Å². The van der Waals surface area contributed by atoms with Gasteiger partial charge in [0.05, 0.1) is 22.8 Å². The van der Waals surface area contributed by atoms with Crippen LogP contribution in [0, 0.1) is 20.8 Å². The Kier molecular flexibility index (Phi) is 4.88. The molecule has 4 nitrogen and oxygen atoms in total. The zero-order valence-electron chi connectivity index (χ0n) is 16.9. The Labute approximate surface area is 182 Å². The topological polar surface area (TPSA) is 46.5 Å². The zero-order valence-corrected chi connectivity index (χ0v) is 18.5. The third-order valence-electron chi connectivity index (χ3n) is 5.71. The molecule has 1 radical (unpaired) electrons. The molecule has 0 aliphatic carbocycles. The zero-order chi connectivity index (χ0) is 19.4. The summed E-state index contributed by atoms with van der Waals surface area (Å²) in [6, 6.07) is 10.4. The van der Waals surface area contributed by atoms with E-state index in [2.05, 4.69) is 92.0 Å². The molecule has 147 valence electrons. The van der Waals surface area contributed by atoms with Gasteiger partial charge in [-0.3, -0.25) is 0 Å². The van der Waals surface area contributed by atoms with Crippen LogP contribution in [-0.4, -0.2) is 19.5 Å². The number of H-pyrrole nitrogens is 1. The molecule has 0 fully saturated rings. The maximum absolute atomic E-state index is 4.85. The van der Waals surface area contributed by atoms with Gasteiger partial charge in [0.1, 0.15) is 0 Å². The summed E-state index contributed by atoms with van der Waals surface area (Å²) in [7, 11) is 2.12. The summed E-state index contributed by atoms with van der Waals surface area (Å²) in [6.07, 6.45) is 8.31. The quantitative estimate of drug-likeness (QED) is 0.301. The first-order valence-corrected chi connectivity index (χ1v) is 9.50. The van der Waals surface area contributed by atoms with Gasteiger partial charge in [-0.05, 0) is 92.1 Å². The SMILES string of the molecule is Cc1c(C)c2c(C)c3nc(cc4ccc(cc5nc(cc1n2C)C=C5)[nH]4)C=C3.[Rh]. The van der Waals surface area contributed by atoms with E-state index in [4.69, 9.17) is 9.97 Å². The van der Waals surface area contributed by atoms with Crippen molar-refractivity contribution in [3.05, 3.63) is 69.8 Å². The second-order valence-corrected chi connectivity index (χ2v) is 7.52. The van der Waals surface area contributed by atoms with Crippen LogP contribution in [0.25, 0.3) is 46.4 Å². The van der Waals surface area contributed by atoms with Gasteiger partial charge in [-0.2, -0.15) is 0 Å². The average Bonchev–Trinajstić information content (AvgIpc) is 3.43. The Morgan fingerprint density at radius 2 is 1.31 bits per heavy atom. The second-order valence-electron chi connectivity index (χ2n) is 7.52. The molecular formula is C24H22N4Rh. The van der Waals surface area contributed by atoms with E-state index < -0.39 is 0 Å². The normalized spacial score (nSPS) is 12.3. The number of nitrogens with one attached hydrogen (secondary N) is 1. The molecule has 3 aromatic heterocycles. The van der Waals surface area contributed by atoms with Crippen molar-refractivity contribution in [2.45, 2.75) is 20.8 Å². The van der Waals surface area contributed by atoms with E-state index >= 15 is 0 Å². The van der Waals surface area contributed by atoms with Crippen LogP contribution in [0.15, 0.2) is 30.3 Å². The van der Waals surface area contributed by atoms with E-state index in [9.17, 15) is 0 Å². The van der Waals surface area contributed by atoms with Crippen molar-refractivity contribution in [2.75, 3.05) is 0 Å². The van der Waals surface area contributed by atoms with Crippen molar-refractivity contribution in [1.29, 1.82) is 0 Å². The number of rotatable bonds is 0. The van der Waals surface area contributed by atoms with Crippen molar-refractivity contribution in [3.63, 3.8) is 0 Å². The van der Waals surface area contributed by atoms with Gasteiger partial charge >= 0.3 is 0 Å². The smallest absolute Gasteiger partial charge is 0.0687 e. The van der Waals surface area contributed by atoms with E-state index in [-0.39, 0.29) is 19.5 Å². The largest absolute Gasteiger partial charge is 0.355 e. The van der Waals surface area contributed by atoms with E-state index in [1.54, 1.807) is 0 Å². The first-order valence-electron chi connectivity index (χ1n) is 9.50. The monoisotopic (exact) mass is 469 g/mol. The van der Waals surface area contributed by atoms with Crippen molar-refractivity contribution in [3.8, 4) is 0 Å². The maximum atomic E-state index is 4.85. The van der Waals surface area contributed by atoms with Crippen molar-refractivity contribution >= 4 is 46.4 Å². The molecule has 5 heterocycles. The van der Waals surface area contributed by atoms with Gasteiger partial charge in [-0.15, -0.1) is 0 Å². The first kappa shape index (κ1) is 19.5. The Morgan fingerprint density at radius 3 is 2.00 bits per heavy atom. The van der Waals surface area contributed by atoms with E-state index in [1.807, 2.05) is 0 Å². The molecule has 0 aromatic carbocycles. The Hall–Kier alpha value is -2.78. The van der Waals surface area contributed by atoms with Gasteiger partial charge in [-0.1, -0.05) is 0 Å². The summed E-state index contributed by atoms with van der Waals surface area (Å²) in [5, 5.41) is 0. The average molecular weight is 469 g/mol. The van der Waals surface area contributed by atoms with Gasteiger partial charge in [-0.25, -0.2) is 9.97 Å². The van der Waals surface area contributed by atoms with Crippen LogP contribution in [0.3, 0.4) is 0 Å². The number of hydrogen-bond donors (Lipinski definition) is 1. The fourth-order valence-electron chi connectivity index (χ4n) is 4.13. The fourth-order valence-corrected chi connectivity index (χ4v) is 4.13. The van der Waals surface area contributed by atoms with Gasteiger partial charge in [0.25, 0.3) is 0 Å². The summed E-state index contributed by atoms with van der Waals surface area (Å²) < 4.78 is 2.26. The molecule has 0 amide bonds. The number of nitrogens with zero attached hydrogens (tertiary/aromatic N) is 3. The molecule has 1 N–H and O–H groups in total. The summed E-state index contributed by atoms with van der Waals surface area (Å²) in [5.41, 5.74) is 12.1. The summed E-state index contributed by atoms with van der Waals surface area (Å²) >= 11 is 0. The Morgan fingerprint density at radius 1 is 0.724 bits per heavy atom. The molecule has 2 aliphatic heterocycles. The summed E-state index contributed by atoms with van der Waals surface area (Å²) in [6.45, 7) is 6.52. The van der Waals surface area contributed by atoms with Crippen LogP contribution in [0.5, 0.6) is 0 Å². The van der Waals surface area contributed by atoms with Crippen LogP contribution in [0.1, 0.15) is 39.5 Å². The minimum atomic E-state index is 0. The van der Waals surface area contributed by atoms with Crippen molar-refractivity contribution in [1.82, 2.24) is 19.5 Å². The molecule has 0 unspecified atom stereocenters. The van der Waals surface area contributed by atoms with Crippen molar-refractivity contribution < 1.29 is 19.5 Å². The molecule has 29 heavy (non-hydrogen) atoms. The molecule has 0 saturated heterocycles. The minimum absolute atomic E-state index is 0. The fraction of sp³-hybridized carbons (Fsp3) is 0.167. The van der Waals surface area contributed by atoms with Crippen LogP contribution >= 0.6 is 0 Å². The minimum Gasteiger partial charge on any atom is -0.355 e. The standard InChI is InChI=1S/C24H22N4.Rh/c1-14-15(2)24-16(3)22-10-9-20(27-22)12-19-6-5-17(25-19)11-18-7-8-21(26-18)13-23(14)28(24)4;/h5-13,25H,1-4H3;. The second kappa shape index (κ2) is 7.24. The van der Waals surface area contributed by atoms with Gasteiger partial charge in [0.2, 0.25) is 0 Å². The maximum Gasteiger partial charge on any atom is 0.0687 e. The molecule has 5 heteroatoms.